The van der Waals surface area contributed by atoms with Crippen molar-refractivity contribution in [1.29, 1.82) is 5.41 Å². The second-order valence-corrected chi connectivity index (χ2v) is 11.2. The van der Waals surface area contributed by atoms with Gasteiger partial charge in [-0.15, -0.1) is 0 Å². The van der Waals surface area contributed by atoms with Crippen molar-refractivity contribution in [2.75, 3.05) is 31.2 Å². The Morgan fingerprint density at radius 1 is 1.24 bits per heavy atom. The lowest BCUT2D eigenvalue weighted by Crippen LogP contribution is -2.45. The van der Waals surface area contributed by atoms with Crippen molar-refractivity contribution in [3.05, 3.63) is 52.3 Å². The fourth-order valence-corrected chi connectivity index (χ4v) is 5.13. The van der Waals surface area contributed by atoms with Gasteiger partial charge in [0.1, 0.15) is 29.9 Å². The van der Waals surface area contributed by atoms with Gasteiger partial charge in [0.25, 0.3) is 0 Å². The van der Waals surface area contributed by atoms with E-state index in [0.29, 0.717) is 55.1 Å². The number of carbonyl (C=O) groups is 2. The van der Waals surface area contributed by atoms with E-state index in [2.05, 4.69) is 32.9 Å². The molecule has 0 amide bonds. The summed E-state index contributed by atoms with van der Waals surface area (Å²) in [6.07, 6.45) is 2.32. The zero-order valence-corrected chi connectivity index (χ0v) is 22.4. The third-order valence-corrected chi connectivity index (χ3v) is 7.41. The van der Waals surface area contributed by atoms with Crippen LogP contribution in [0.3, 0.4) is 0 Å². The summed E-state index contributed by atoms with van der Waals surface area (Å²) in [5, 5.41) is 8.70. The van der Waals surface area contributed by atoms with Crippen LogP contribution in [0.5, 0.6) is 5.75 Å². The van der Waals surface area contributed by atoms with Crippen molar-refractivity contribution in [2.24, 2.45) is 0 Å². The molecular weight excluding hydrogens is 468 g/mol. The van der Waals surface area contributed by atoms with Gasteiger partial charge in [-0.25, -0.2) is 9.78 Å². The molecule has 0 saturated heterocycles. The average molecular weight is 505 g/mol. The van der Waals surface area contributed by atoms with Gasteiger partial charge >= 0.3 is 5.97 Å². The molecule has 5 rings (SSSR count). The molecule has 1 saturated carbocycles. The number of ether oxygens (including phenoxy) is 2. The van der Waals surface area contributed by atoms with Crippen molar-refractivity contribution in [3.63, 3.8) is 0 Å². The minimum atomic E-state index is -0.506. The van der Waals surface area contributed by atoms with Gasteiger partial charge in [0.05, 0.1) is 25.4 Å². The van der Waals surface area contributed by atoms with E-state index in [-0.39, 0.29) is 23.7 Å². The largest absolute Gasteiger partial charge is 0.489 e. The van der Waals surface area contributed by atoms with E-state index >= 15 is 0 Å². The van der Waals surface area contributed by atoms with Crippen LogP contribution in [-0.2, 0) is 21.5 Å². The first kappa shape index (κ1) is 25.2. The van der Waals surface area contributed by atoms with Crippen LogP contribution >= 0.6 is 0 Å². The van der Waals surface area contributed by atoms with Gasteiger partial charge in [0.2, 0.25) is 0 Å². The number of ketones is 1. The van der Waals surface area contributed by atoms with Gasteiger partial charge in [-0.2, -0.15) is 0 Å². The first-order valence-corrected chi connectivity index (χ1v) is 13.2. The predicted octanol–water partition coefficient (Wildman–Crippen LogP) is 4.43. The number of hydrogen-bond acceptors (Lipinski definition) is 7. The topological polar surface area (TPSA) is 95.8 Å². The van der Waals surface area contributed by atoms with Crippen LogP contribution in [0.4, 0.5) is 5.69 Å². The molecule has 2 aromatic rings. The quantitative estimate of drug-likeness (QED) is 0.440. The first-order valence-electron chi connectivity index (χ1n) is 13.2. The number of esters is 1. The van der Waals surface area contributed by atoms with Gasteiger partial charge in [-0.05, 0) is 50.3 Å². The molecule has 0 radical (unpaired) electrons. The van der Waals surface area contributed by atoms with Gasteiger partial charge in [0, 0.05) is 34.8 Å². The smallest absolute Gasteiger partial charge is 0.328 e. The third kappa shape index (κ3) is 4.81. The highest BCUT2D eigenvalue weighted by molar-refractivity contribution is 6.05. The molecule has 37 heavy (non-hydrogen) atoms. The number of aromatic nitrogens is 1. The Morgan fingerprint density at radius 3 is 2.68 bits per heavy atom. The lowest BCUT2D eigenvalue weighted by atomic mass is 9.84. The predicted molar refractivity (Wildman–Crippen MR) is 142 cm³/mol. The molecule has 1 fully saturated rings. The van der Waals surface area contributed by atoms with E-state index in [1.807, 2.05) is 24.0 Å². The zero-order valence-electron chi connectivity index (χ0n) is 22.4. The van der Waals surface area contributed by atoms with Crippen molar-refractivity contribution < 1.29 is 19.1 Å². The lowest BCUT2D eigenvalue weighted by molar-refractivity contribution is -0.144. The standard InChI is InChI=1S/C29H36N4O4/c1-6-36-28(35)17(2)33-11-12-37-26-21(29(3,4)5)13-20(14-23(26)33)24(34)16-32-15-19-9-10-22(18-7-8-18)31-25(19)27(32)30/h9-10,13-14,17-18,30H,6-8,11-12,15-16H2,1-5H3. The molecule has 0 spiro atoms. The molecule has 3 aliphatic rings. The van der Waals surface area contributed by atoms with Crippen LogP contribution in [0, 0.1) is 5.41 Å². The Kier molecular flexibility index (Phi) is 6.46. The van der Waals surface area contributed by atoms with E-state index in [1.165, 1.54) is 0 Å². The number of pyridine rings is 1. The molecule has 1 unspecified atom stereocenters. The van der Waals surface area contributed by atoms with Crippen LogP contribution in [-0.4, -0.2) is 59.8 Å². The molecule has 8 heteroatoms. The Bertz CT molecular complexity index is 1260. The normalized spacial score (nSPS) is 17.7. The summed E-state index contributed by atoms with van der Waals surface area (Å²) in [6.45, 7) is 11.8. The fourth-order valence-electron chi connectivity index (χ4n) is 5.13. The number of nitrogens with zero attached hydrogens (tertiary/aromatic N) is 3. The van der Waals surface area contributed by atoms with Gasteiger partial charge < -0.3 is 19.3 Å². The van der Waals surface area contributed by atoms with E-state index < -0.39 is 6.04 Å². The molecule has 2 aliphatic heterocycles. The van der Waals surface area contributed by atoms with Crippen LogP contribution in [0.2, 0.25) is 0 Å². The van der Waals surface area contributed by atoms with Crippen molar-refractivity contribution in [1.82, 2.24) is 9.88 Å². The van der Waals surface area contributed by atoms with Crippen molar-refractivity contribution in [3.8, 4) is 5.75 Å². The van der Waals surface area contributed by atoms with Gasteiger partial charge in [-0.3, -0.25) is 10.2 Å². The second kappa shape index (κ2) is 9.47. The highest BCUT2D eigenvalue weighted by atomic mass is 16.5. The molecule has 196 valence electrons. The minimum Gasteiger partial charge on any atom is -0.489 e. The maximum atomic E-state index is 13.7. The van der Waals surface area contributed by atoms with Crippen molar-refractivity contribution in [2.45, 2.75) is 71.4 Å². The van der Waals surface area contributed by atoms with E-state index in [4.69, 9.17) is 19.9 Å². The van der Waals surface area contributed by atoms with E-state index in [9.17, 15) is 9.59 Å². The highest BCUT2D eigenvalue weighted by Crippen LogP contribution is 2.43. The monoisotopic (exact) mass is 504 g/mol. The molecule has 1 aromatic heterocycles. The van der Waals surface area contributed by atoms with Gasteiger partial charge in [-0.1, -0.05) is 26.8 Å². The minimum absolute atomic E-state index is 0.0809. The summed E-state index contributed by atoms with van der Waals surface area (Å²) in [6, 6.07) is 7.35. The number of hydrogen-bond donors (Lipinski definition) is 1. The highest BCUT2D eigenvalue weighted by Gasteiger charge is 2.35. The van der Waals surface area contributed by atoms with Crippen LogP contribution in [0.1, 0.15) is 86.3 Å². The van der Waals surface area contributed by atoms with Gasteiger partial charge in [0.15, 0.2) is 5.78 Å². The zero-order chi connectivity index (χ0) is 26.5. The molecule has 1 aromatic carbocycles. The molecule has 8 nitrogen and oxygen atoms in total. The summed E-state index contributed by atoms with van der Waals surface area (Å²) in [5.74, 6) is 1.15. The number of anilines is 1. The number of fused-ring (bicyclic) bond motifs is 2. The fraction of sp³-hybridized carbons (Fsp3) is 0.517. The molecular formula is C29H36N4O4. The second-order valence-electron chi connectivity index (χ2n) is 11.2. The Hall–Kier alpha value is -3.42. The van der Waals surface area contributed by atoms with Crippen LogP contribution < -0.4 is 9.64 Å². The molecule has 1 N–H and O–H groups in total. The molecule has 1 atom stereocenters. The maximum Gasteiger partial charge on any atom is 0.328 e. The Labute approximate surface area is 218 Å². The molecule has 0 bridgehead atoms. The van der Waals surface area contributed by atoms with E-state index in [0.717, 1.165) is 35.3 Å². The summed E-state index contributed by atoms with van der Waals surface area (Å²) in [5.41, 5.74) is 4.66. The van der Waals surface area contributed by atoms with E-state index in [1.54, 1.807) is 11.8 Å². The average Bonchev–Trinajstić information content (AvgIpc) is 3.67. The van der Waals surface area contributed by atoms with Crippen LogP contribution in [0.25, 0.3) is 0 Å². The summed E-state index contributed by atoms with van der Waals surface area (Å²) in [7, 11) is 0. The number of Topliss-reactive ketones (excluding diaryl/α,β-unsaturated/α-hetero) is 1. The van der Waals surface area contributed by atoms with Crippen molar-refractivity contribution >= 4 is 23.3 Å². The summed E-state index contributed by atoms with van der Waals surface area (Å²) in [4.78, 5) is 34.8. The number of carbonyl (C=O) groups excluding carboxylic acids is 2. The first-order chi connectivity index (χ1) is 17.6. The lowest BCUT2D eigenvalue weighted by Gasteiger charge is -2.37. The Morgan fingerprint density at radius 2 is 2.00 bits per heavy atom. The van der Waals surface area contributed by atoms with Crippen LogP contribution in [0.15, 0.2) is 24.3 Å². The number of amidine groups is 1. The summed E-state index contributed by atoms with van der Waals surface area (Å²) < 4.78 is 11.4. The summed E-state index contributed by atoms with van der Waals surface area (Å²) >= 11 is 0. The molecule has 1 aliphatic carbocycles. The SMILES string of the molecule is CCOC(=O)C(C)N1CCOc2c1cc(C(=O)CN1Cc3ccc(C4CC4)nc3C1=N)cc2C(C)(C)C. The molecule has 3 heterocycles. The number of rotatable bonds is 7. The number of nitrogens with one attached hydrogen (secondary N) is 1. The Balaban J connectivity index is 1.44. The third-order valence-electron chi connectivity index (χ3n) is 7.41. The maximum absolute atomic E-state index is 13.7. The number of benzene rings is 1.